The maximum Gasteiger partial charge on any atom is 0.418 e. The van der Waals surface area contributed by atoms with Crippen molar-refractivity contribution in [1.82, 2.24) is 0 Å². The number of ether oxygens (including phenoxy) is 1. The van der Waals surface area contributed by atoms with Gasteiger partial charge in [-0.2, -0.15) is 0 Å². The Morgan fingerprint density at radius 3 is 2.38 bits per heavy atom. The Hall–Kier alpha value is -2.37. The van der Waals surface area contributed by atoms with Crippen LogP contribution in [-0.2, 0) is 4.79 Å². The predicted octanol–water partition coefficient (Wildman–Crippen LogP) is 1.66. The quantitative estimate of drug-likeness (QED) is 0.210. The van der Waals surface area contributed by atoms with Crippen molar-refractivity contribution in [1.29, 1.82) is 0 Å². The lowest BCUT2D eigenvalue weighted by molar-refractivity contribution is -0.423. The zero-order valence-corrected chi connectivity index (χ0v) is 8.41. The first-order chi connectivity index (χ1) is 7.52. The molecule has 0 heterocycles. The van der Waals surface area contributed by atoms with E-state index in [9.17, 15) is 14.9 Å². The Morgan fingerprint density at radius 1 is 1.38 bits per heavy atom. The summed E-state index contributed by atoms with van der Waals surface area (Å²) in [7, 11) is 0. The maximum absolute atomic E-state index is 11.3. The molecule has 0 spiro atoms. The molecular formula is C10H9NO5. The largest absolute Gasteiger partial charge is 0.506 e. The molecule has 0 saturated heterocycles. The average molecular weight is 223 g/mol. The summed E-state index contributed by atoms with van der Waals surface area (Å²) >= 11 is 0. The molecule has 0 bridgehead atoms. The third-order valence-corrected chi connectivity index (χ3v) is 1.67. The minimum absolute atomic E-state index is 0.174. The fourth-order valence-corrected chi connectivity index (χ4v) is 0.998. The molecule has 0 radical (unpaired) electrons. The van der Waals surface area contributed by atoms with Gasteiger partial charge in [-0.3, -0.25) is 10.1 Å². The molecule has 0 aliphatic rings. The molecule has 84 valence electrons. The number of carbonyl (C=O) groups excluding carboxylic acids is 1. The lowest BCUT2D eigenvalue weighted by atomic mass is 10.3. The number of nitrogens with zero attached hydrogens (tertiary/aromatic N) is 1. The highest BCUT2D eigenvalue weighted by Gasteiger charge is 2.28. The number of aliphatic hydroxyl groups is 1. The topological polar surface area (TPSA) is 89.7 Å². The van der Waals surface area contributed by atoms with E-state index in [0.717, 1.165) is 6.92 Å². The van der Waals surface area contributed by atoms with Crippen LogP contribution in [0.25, 0.3) is 0 Å². The normalized spacial score (nSPS) is 11.6. The molecule has 0 saturated carbocycles. The first kappa shape index (κ1) is 11.7. The predicted molar refractivity (Wildman–Crippen MR) is 54.4 cm³/mol. The number of hydrogen-bond acceptors (Lipinski definition) is 5. The molecule has 0 atom stereocenters. The van der Waals surface area contributed by atoms with Crippen molar-refractivity contribution in [3.05, 3.63) is 51.9 Å². The van der Waals surface area contributed by atoms with Crippen LogP contribution in [0.15, 0.2) is 41.8 Å². The van der Waals surface area contributed by atoms with E-state index >= 15 is 0 Å². The van der Waals surface area contributed by atoms with Crippen molar-refractivity contribution < 1.29 is 19.6 Å². The number of rotatable bonds is 3. The van der Waals surface area contributed by atoms with Gasteiger partial charge in [0.15, 0.2) is 5.76 Å². The highest BCUT2D eigenvalue weighted by Crippen LogP contribution is 2.12. The molecule has 6 heteroatoms. The van der Waals surface area contributed by atoms with Crippen LogP contribution in [0.4, 0.5) is 0 Å². The van der Waals surface area contributed by atoms with Crippen LogP contribution in [0.3, 0.4) is 0 Å². The van der Waals surface area contributed by atoms with E-state index in [0.29, 0.717) is 0 Å². The number of allylic oxidation sites excluding steroid dienone is 1. The van der Waals surface area contributed by atoms with Crippen LogP contribution in [0, 0.1) is 10.1 Å². The van der Waals surface area contributed by atoms with Gasteiger partial charge in [-0.1, -0.05) is 18.2 Å². The standard InChI is InChI=1S/C10H9NO5/c1-7(12)9(11(14)15)10(13)16-8-5-3-2-4-6-8/h2-6,12H,1H3/b9-7-. The summed E-state index contributed by atoms with van der Waals surface area (Å²) in [4.78, 5) is 20.8. The number of nitro groups is 1. The smallest absolute Gasteiger partial charge is 0.418 e. The number of para-hydroxylation sites is 1. The monoisotopic (exact) mass is 223 g/mol. The number of hydrogen-bond donors (Lipinski definition) is 1. The minimum Gasteiger partial charge on any atom is -0.506 e. The van der Waals surface area contributed by atoms with Crippen LogP contribution in [0.5, 0.6) is 5.75 Å². The van der Waals surface area contributed by atoms with E-state index in [-0.39, 0.29) is 5.75 Å². The SMILES string of the molecule is C/C(O)=C(\C(=O)Oc1ccccc1)[N+](=O)[O-]. The molecule has 0 amide bonds. The maximum atomic E-state index is 11.3. The van der Waals surface area contributed by atoms with Gasteiger partial charge in [0, 0.05) is 6.92 Å². The molecule has 0 aliphatic heterocycles. The van der Waals surface area contributed by atoms with Gasteiger partial charge in [-0.15, -0.1) is 0 Å². The first-order valence-corrected chi connectivity index (χ1v) is 4.34. The molecule has 6 nitrogen and oxygen atoms in total. The molecule has 16 heavy (non-hydrogen) atoms. The van der Waals surface area contributed by atoms with Crippen molar-refractivity contribution >= 4 is 5.97 Å². The second-order valence-corrected chi connectivity index (χ2v) is 2.89. The fourth-order valence-electron chi connectivity index (χ4n) is 0.998. The molecule has 0 aromatic heterocycles. The number of carbonyl (C=O) groups is 1. The van der Waals surface area contributed by atoms with E-state index < -0.39 is 22.3 Å². The Bertz CT molecular complexity index is 434. The number of aliphatic hydroxyl groups excluding tert-OH is 1. The van der Waals surface area contributed by atoms with Crippen LogP contribution < -0.4 is 4.74 Å². The summed E-state index contributed by atoms with van der Waals surface area (Å²) < 4.78 is 4.70. The lowest BCUT2D eigenvalue weighted by Crippen LogP contribution is -2.19. The van der Waals surface area contributed by atoms with Gasteiger partial charge in [0.2, 0.25) is 0 Å². The van der Waals surface area contributed by atoms with Crippen molar-refractivity contribution in [3.63, 3.8) is 0 Å². The van der Waals surface area contributed by atoms with Gasteiger partial charge in [-0.25, -0.2) is 4.79 Å². The van der Waals surface area contributed by atoms with E-state index in [2.05, 4.69) is 0 Å². The lowest BCUT2D eigenvalue weighted by Gasteiger charge is -2.02. The van der Waals surface area contributed by atoms with Gasteiger partial charge in [0.05, 0.1) is 4.92 Å². The highest BCUT2D eigenvalue weighted by atomic mass is 16.6. The van der Waals surface area contributed by atoms with Gasteiger partial charge < -0.3 is 9.84 Å². The van der Waals surface area contributed by atoms with E-state index in [1.807, 2.05) is 0 Å². The Kier molecular flexibility index (Phi) is 3.60. The molecule has 1 aromatic carbocycles. The van der Waals surface area contributed by atoms with E-state index in [1.165, 1.54) is 12.1 Å². The van der Waals surface area contributed by atoms with Crippen molar-refractivity contribution in [2.45, 2.75) is 6.92 Å². The summed E-state index contributed by atoms with van der Waals surface area (Å²) in [6.07, 6.45) is 0. The molecule has 0 fully saturated rings. The second-order valence-electron chi connectivity index (χ2n) is 2.89. The third kappa shape index (κ3) is 2.81. The summed E-state index contributed by atoms with van der Waals surface area (Å²) in [5, 5.41) is 19.4. The van der Waals surface area contributed by atoms with E-state index in [4.69, 9.17) is 9.84 Å². The molecular weight excluding hydrogens is 214 g/mol. The van der Waals surface area contributed by atoms with Gasteiger partial charge >= 0.3 is 11.7 Å². The molecule has 0 unspecified atom stereocenters. The second kappa shape index (κ2) is 4.92. The Labute approximate surface area is 90.9 Å². The molecule has 0 aliphatic carbocycles. The van der Waals surface area contributed by atoms with Gasteiger partial charge in [0.1, 0.15) is 5.75 Å². The van der Waals surface area contributed by atoms with Crippen molar-refractivity contribution in [3.8, 4) is 5.75 Å². The summed E-state index contributed by atoms with van der Waals surface area (Å²) in [6, 6.07) is 7.89. The highest BCUT2D eigenvalue weighted by molar-refractivity contribution is 5.87. The molecule has 1 N–H and O–H groups in total. The van der Waals surface area contributed by atoms with Crippen molar-refractivity contribution in [2.24, 2.45) is 0 Å². The number of esters is 1. The first-order valence-electron chi connectivity index (χ1n) is 4.34. The van der Waals surface area contributed by atoms with Gasteiger partial charge in [-0.05, 0) is 12.1 Å². The Morgan fingerprint density at radius 2 is 1.94 bits per heavy atom. The van der Waals surface area contributed by atoms with Crippen LogP contribution in [0.1, 0.15) is 6.92 Å². The minimum atomic E-state index is -1.20. The Balaban J connectivity index is 2.88. The zero-order chi connectivity index (χ0) is 12.1. The van der Waals surface area contributed by atoms with Crippen LogP contribution in [-0.4, -0.2) is 16.0 Å². The number of benzene rings is 1. The van der Waals surface area contributed by atoms with Crippen LogP contribution in [0.2, 0.25) is 0 Å². The molecule has 1 rings (SSSR count). The zero-order valence-electron chi connectivity index (χ0n) is 8.41. The third-order valence-electron chi connectivity index (χ3n) is 1.67. The summed E-state index contributed by atoms with van der Waals surface area (Å²) in [5.41, 5.74) is -0.969. The van der Waals surface area contributed by atoms with Crippen molar-refractivity contribution in [2.75, 3.05) is 0 Å². The fraction of sp³-hybridized carbons (Fsp3) is 0.100. The average Bonchev–Trinajstić information content (AvgIpc) is 2.17. The summed E-state index contributed by atoms with van der Waals surface area (Å²) in [6.45, 7) is 1.05. The summed E-state index contributed by atoms with van der Waals surface area (Å²) in [5.74, 6) is -1.71. The molecule has 1 aromatic rings. The van der Waals surface area contributed by atoms with Crippen LogP contribution >= 0.6 is 0 Å². The van der Waals surface area contributed by atoms with Gasteiger partial charge in [0.25, 0.3) is 0 Å². The van der Waals surface area contributed by atoms with E-state index in [1.54, 1.807) is 18.2 Å².